The summed E-state index contributed by atoms with van der Waals surface area (Å²) in [4.78, 5) is 0. The summed E-state index contributed by atoms with van der Waals surface area (Å²) in [6.07, 6.45) is 2.44. The normalized spacial score (nSPS) is 37.0. The number of hydrogen-bond acceptors (Lipinski definition) is 3. The molecule has 1 unspecified atom stereocenters. The zero-order valence-electron chi connectivity index (χ0n) is 7.04. The van der Waals surface area contributed by atoms with Crippen LogP contribution in [0, 0.1) is 5.92 Å². The second kappa shape index (κ2) is 3.18. The van der Waals surface area contributed by atoms with Crippen LogP contribution in [0.25, 0.3) is 0 Å². The van der Waals surface area contributed by atoms with Crippen LogP contribution in [0.4, 0.5) is 0 Å². The minimum atomic E-state index is -1.51. The second-order valence-electron chi connectivity index (χ2n) is 3.00. The number of nitrogens with two attached hydrogens (primary N) is 1. The lowest BCUT2D eigenvalue weighted by Gasteiger charge is -2.00. The largest absolute Gasteiger partial charge is 0.509 e. The van der Waals surface area contributed by atoms with Gasteiger partial charge in [-0.05, 0) is 17.9 Å². The van der Waals surface area contributed by atoms with Crippen molar-refractivity contribution < 1.29 is 9.09 Å². The first kappa shape index (κ1) is 9.11. The van der Waals surface area contributed by atoms with Gasteiger partial charge in [0, 0.05) is 12.3 Å². The van der Waals surface area contributed by atoms with E-state index >= 15 is 0 Å². The van der Waals surface area contributed by atoms with Crippen LogP contribution in [-0.2, 0) is 9.09 Å². The molecule has 0 aromatic heterocycles. The first-order valence-corrected chi connectivity index (χ1v) is 5.41. The van der Waals surface area contributed by atoms with Crippen LogP contribution in [0.15, 0.2) is 0 Å². The molecule has 1 aliphatic carbocycles. The first-order chi connectivity index (χ1) is 5.12. The van der Waals surface area contributed by atoms with E-state index in [9.17, 15) is 4.57 Å². The van der Waals surface area contributed by atoms with Gasteiger partial charge >= 0.3 is 8.03 Å². The highest BCUT2D eigenvalue weighted by Crippen LogP contribution is 2.49. The van der Waals surface area contributed by atoms with E-state index in [4.69, 9.17) is 10.3 Å². The maximum Gasteiger partial charge on any atom is 0.509 e. The monoisotopic (exact) mass is 176 g/mol. The third-order valence-electron chi connectivity index (χ3n) is 2.12. The first-order valence-electron chi connectivity index (χ1n) is 4.05. The summed E-state index contributed by atoms with van der Waals surface area (Å²) in [5.74, 6) is 0.424. The molecule has 0 aromatic rings. The average Bonchev–Trinajstić information content (AvgIpc) is 2.61. The van der Waals surface area contributed by atoms with Gasteiger partial charge in [-0.2, -0.15) is 0 Å². The van der Waals surface area contributed by atoms with E-state index in [2.05, 4.69) is 6.92 Å². The summed E-state index contributed by atoms with van der Waals surface area (Å²) in [6, 6.07) is 0. The summed E-state index contributed by atoms with van der Waals surface area (Å²) in [5, 5.41) is 0. The molecule has 0 spiro atoms. The fourth-order valence-corrected chi connectivity index (χ4v) is 1.91. The van der Waals surface area contributed by atoms with Crippen LogP contribution in [0.5, 0.6) is 0 Å². The summed E-state index contributed by atoms with van der Waals surface area (Å²) in [7, 11) is -1.51. The topological polar surface area (TPSA) is 52.3 Å². The van der Waals surface area contributed by atoms with E-state index in [0.717, 1.165) is 12.8 Å². The third-order valence-corrected chi connectivity index (χ3v) is 3.18. The lowest BCUT2D eigenvalue weighted by atomic mass is 10.3. The van der Waals surface area contributed by atoms with Crippen molar-refractivity contribution in [3.8, 4) is 0 Å². The molecule has 0 saturated heterocycles. The van der Waals surface area contributed by atoms with Gasteiger partial charge in [-0.1, -0.05) is 6.92 Å². The Morgan fingerprint density at radius 3 is 2.73 bits per heavy atom. The summed E-state index contributed by atoms with van der Waals surface area (Å²) in [5.41, 5.74) is 5.23. The SMILES string of the molecule is CC[C@H]1C[C@]1(N)O[P+](=O)CC. The minimum Gasteiger partial charge on any atom is -0.299 e. The molecule has 3 nitrogen and oxygen atoms in total. The molecule has 1 fully saturated rings. The molecule has 0 aromatic carbocycles. The molecule has 3 atom stereocenters. The van der Waals surface area contributed by atoms with E-state index in [-0.39, 0.29) is 0 Å². The maximum absolute atomic E-state index is 11.0. The average molecular weight is 176 g/mol. The molecule has 0 amide bonds. The smallest absolute Gasteiger partial charge is 0.299 e. The Balaban J connectivity index is 2.33. The molecular weight excluding hydrogens is 161 g/mol. The number of rotatable bonds is 4. The molecule has 0 aliphatic heterocycles. The lowest BCUT2D eigenvalue weighted by Crippen LogP contribution is -2.26. The maximum atomic E-state index is 11.0. The molecule has 0 bridgehead atoms. The van der Waals surface area contributed by atoms with Gasteiger partial charge in [0.1, 0.15) is 0 Å². The van der Waals surface area contributed by atoms with Gasteiger partial charge in [-0.15, -0.1) is 4.52 Å². The number of hydrogen-bond donors (Lipinski definition) is 1. The minimum absolute atomic E-state index is 0.424. The van der Waals surface area contributed by atoms with Gasteiger partial charge in [0.15, 0.2) is 11.9 Å². The van der Waals surface area contributed by atoms with Gasteiger partial charge in [0.25, 0.3) is 0 Å². The van der Waals surface area contributed by atoms with Gasteiger partial charge in [-0.3, -0.25) is 5.73 Å². The van der Waals surface area contributed by atoms with Crippen molar-refractivity contribution >= 4 is 8.03 Å². The fraction of sp³-hybridized carbons (Fsp3) is 1.00. The van der Waals surface area contributed by atoms with Crippen molar-refractivity contribution in [2.75, 3.05) is 6.16 Å². The van der Waals surface area contributed by atoms with Gasteiger partial charge in [0.05, 0.1) is 0 Å². The Bertz CT molecular complexity index is 174. The molecule has 0 radical (unpaired) electrons. The molecule has 0 heterocycles. The van der Waals surface area contributed by atoms with Crippen LogP contribution in [0.2, 0.25) is 0 Å². The summed E-state index contributed by atoms with van der Waals surface area (Å²) >= 11 is 0. The van der Waals surface area contributed by atoms with E-state index < -0.39 is 13.8 Å². The molecule has 1 rings (SSSR count). The van der Waals surface area contributed by atoms with Crippen LogP contribution in [-0.4, -0.2) is 11.9 Å². The van der Waals surface area contributed by atoms with Crippen molar-refractivity contribution in [1.29, 1.82) is 0 Å². The van der Waals surface area contributed by atoms with Gasteiger partial charge < -0.3 is 0 Å². The molecule has 2 N–H and O–H groups in total. The standard InChI is InChI=1S/C7H15NO2P/c1-3-6-5-7(6,8)10-11(9)4-2/h6H,3-5,8H2,1-2H3/q+1/t6-,7-/m0/s1. The Hall–Kier alpha value is 0.0200. The quantitative estimate of drug-likeness (QED) is 0.525. The van der Waals surface area contributed by atoms with E-state index in [0.29, 0.717) is 12.1 Å². The van der Waals surface area contributed by atoms with Crippen molar-refractivity contribution in [2.24, 2.45) is 11.7 Å². The van der Waals surface area contributed by atoms with Crippen LogP contribution in [0.3, 0.4) is 0 Å². The van der Waals surface area contributed by atoms with E-state index in [1.54, 1.807) is 0 Å². The Labute approximate surface area is 68.2 Å². The lowest BCUT2D eigenvalue weighted by molar-refractivity contribution is 0.179. The van der Waals surface area contributed by atoms with Gasteiger partial charge in [0.2, 0.25) is 0 Å². The molecule has 1 aliphatic rings. The third kappa shape index (κ3) is 1.98. The molecule has 11 heavy (non-hydrogen) atoms. The molecule has 64 valence electrons. The second-order valence-corrected chi connectivity index (χ2v) is 4.48. The fourth-order valence-electron chi connectivity index (χ4n) is 1.18. The van der Waals surface area contributed by atoms with Crippen LogP contribution < -0.4 is 5.73 Å². The van der Waals surface area contributed by atoms with E-state index in [1.165, 1.54) is 0 Å². The Kier molecular flexibility index (Phi) is 2.63. The van der Waals surface area contributed by atoms with Crippen molar-refractivity contribution in [3.63, 3.8) is 0 Å². The summed E-state index contributed by atoms with van der Waals surface area (Å²) in [6.45, 7) is 3.91. The van der Waals surface area contributed by atoms with Crippen molar-refractivity contribution in [1.82, 2.24) is 0 Å². The van der Waals surface area contributed by atoms with Crippen molar-refractivity contribution in [2.45, 2.75) is 32.4 Å². The predicted molar refractivity (Wildman–Crippen MR) is 44.5 cm³/mol. The highest BCUT2D eigenvalue weighted by Gasteiger charge is 2.56. The Morgan fingerprint density at radius 2 is 2.36 bits per heavy atom. The van der Waals surface area contributed by atoms with Crippen LogP contribution in [0.1, 0.15) is 26.7 Å². The highest BCUT2D eigenvalue weighted by molar-refractivity contribution is 7.39. The summed E-state index contributed by atoms with van der Waals surface area (Å²) < 4.78 is 16.2. The zero-order chi connectivity index (χ0) is 8.48. The molecular formula is C7H15NO2P+. The van der Waals surface area contributed by atoms with Crippen LogP contribution >= 0.6 is 8.03 Å². The van der Waals surface area contributed by atoms with Crippen molar-refractivity contribution in [3.05, 3.63) is 0 Å². The Morgan fingerprint density at radius 1 is 1.73 bits per heavy atom. The highest BCUT2D eigenvalue weighted by atomic mass is 31.1. The van der Waals surface area contributed by atoms with Gasteiger partial charge in [-0.25, -0.2) is 0 Å². The molecule has 1 saturated carbocycles. The predicted octanol–water partition coefficient (Wildman–Crippen LogP) is 1.85. The molecule has 4 heteroatoms. The van der Waals surface area contributed by atoms with E-state index in [1.807, 2.05) is 6.92 Å². The zero-order valence-corrected chi connectivity index (χ0v) is 7.93.